The van der Waals surface area contributed by atoms with Crippen LogP contribution in [0.4, 0.5) is 0 Å². The Labute approximate surface area is 125 Å². The highest BCUT2D eigenvalue weighted by molar-refractivity contribution is 5.80. The fourth-order valence-electron chi connectivity index (χ4n) is 2.85. The molecule has 1 atom stereocenters. The van der Waals surface area contributed by atoms with Gasteiger partial charge in [0.1, 0.15) is 0 Å². The first-order chi connectivity index (χ1) is 10.2. The summed E-state index contributed by atoms with van der Waals surface area (Å²) in [6.45, 7) is 4.68. The Morgan fingerprint density at radius 1 is 1.29 bits per heavy atom. The molecule has 0 bridgehead atoms. The first-order valence-corrected chi connectivity index (χ1v) is 7.49. The van der Waals surface area contributed by atoms with Crippen molar-refractivity contribution in [2.45, 2.75) is 12.8 Å². The maximum Gasteiger partial charge on any atom is 0.234 e. The molecule has 2 rings (SSSR count). The van der Waals surface area contributed by atoms with Crippen molar-refractivity contribution in [1.82, 2.24) is 15.1 Å². The zero-order chi connectivity index (χ0) is 15.1. The van der Waals surface area contributed by atoms with Gasteiger partial charge in [0.15, 0.2) is 0 Å². The molecule has 0 radical (unpaired) electrons. The number of terminal acetylenes is 1. The van der Waals surface area contributed by atoms with E-state index in [0.29, 0.717) is 39.4 Å². The standard InChI is InChI=1S/C15H23N3O3/c1-2-5-16-14(19)12-17-6-3-4-13(11-17)15(20)18-7-9-21-10-8-18/h1,13H,3-12H2,(H,16,19). The lowest BCUT2D eigenvalue weighted by Crippen LogP contribution is -2.49. The van der Waals surface area contributed by atoms with Gasteiger partial charge in [-0.3, -0.25) is 14.5 Å². The number of rotatable bonds is 4. The number of nitrogens with one attached hydrogen (secondary N) is 1. The van der Waals surface area contributed by atoms with E-state index in [-0.39, 0.29) is 24.3 Å². The van der Waals surface area contributed by atoms with E-state index in [9.17, 15) is 9.59 Å². The Hall–Kier alpha value is -1.58. The molecule has 0 aromatic carbocycles. The number of hydrogen-bond acceptors (Lipinski definition) is 4. The van der Waals surface area contributed by atoms with E-state index in [2.05, 4.69) is 11.2 Å². The number of hydrogen-bond donors (Lipinski definition) is 1. The fourth-order valence-corrected chi connectivity index (χ4v) is 2.85. The van der Waals surface area contributed by atoms with Crippen molar-refractivity contribution >= 4 is 11.8 Å². The number of amides is 2. The van der Waals surface area contributed by atoms with Gasteiger partial charge >= 0.3 is 0 Å². The molecule has 0 aromatic heterocycles. The van der Waals surface area contributed by atoms with Gasteiger partial charge in [0.25, 0.3) is 0 Å². The molecular formula is C15H23N3O3. The minimum Gasteiger partial charge on any atom is -0.378 e. The molecule has 0 aliphatic carbocycles. The lowest BCUT2D eigenvalue weighted by Gasteiger charge is -2.35. The van der Waals surface area contributed by atoms with Crippen LogP contribution in [-0.2, 0) is 14.3 Å². The SMILES string of the molecule is C#CCNC(=O)CN1CCCC(C(=O)N2CCOCC2)C1. The second-order valence-corrected chi connectivity index (χ2v) is 5.49. The van der Waals surface area contributed by atoms with Crippen LogP contribution in [-0.4, -0.2) is 74.1 Å². The largest absolute Gasteiger partial charge is 0.378 e. The normalized spacial score (nSPS) is 23.4. The molecule has 2 fully saturated rings. The van der Waals surface area contributed by atoms with Gasteiger partial charge in [-0.25, -0.2) is 0 Å². The molecule has 116 valence electrons. The summed E-state index contributed by atoms with van der Waals surface area (Å²) in [7, 11) is 0. The first-order valence-electron chi connectivity index (χ1n) is 7.49. The van der Waals surface area contributed by atoms with E-state index in [1.54, 1.807) is 0 Å². The van der Waals surface area contributed by atoms with Crippen molar-refractivity contribution in [3.8, 4) is 12.3 Å². The summed E-state index contributed by atoms with van der Waals surface area (Å²) in [6, 6.07) is 0. The highest BCUT2D eigenvalue weighted by Gasteiger charge is 2.30. The second-order valence-electron chi connectivity index (χ2n) is 5.49. The Morgan fingerprint density at radius 3 is 2.76 bits per heavy atom. The van der Waals surface area contributed by atoms with E-state index < -0.39 is 0 Å². The summed E-state index contributed by atoms with van der Waals surface area (Å²) in [5, 5.41) is 2.66. The third kappa shape index (κ3) is 4.73. The number of piperidine rings is 1. The number of morpholine rings is 1. The van der Waals surface area contributed by atoms with E-state index >= 15 is 0 Å². The lowest BCUT2D eigenvalue weighted by atomic mass is 9.96. The van der Waals surface area contributed by atoms with Crippen LogP contribution in [0.5, 0.6) is 0 Å². The van der Waals surface area contributed by atoms with Crippen LogP contribution in [0, 0.1) is 18.3 Å². The highest BCUT2D eigenvalue weighted by Crippen LogP contribution is 2.19. The molecule has 0 saturated carbocycles. The molecule has 0 aromatic rings. The van der Waals surface area contributed by atoms with Crippen LogP contribution in [0.1, 0.15) is 12.8 Å². The number of carbonyl (C=O) groups excluding carboxylic acids is 2. The summed E-state index contributed by atoms with van der Waals surface area (Å²) >= 11 is 0. The highest BCUT2D eigenvalue weighted by atomic mass is 16.5. The zero-order valence-electron chi connectivity index (χ0n) is 12.3. The average molecular weight is 293 g/mol. The summed E-state index contributed by atoms with van der Waals surface area (Å²) in [5.41, 5.74) is 0. The molecule has 2 aliphatic heterocycles. The van der Waals surface area contributed by atoms with Crippen LogP contribution in [0.25, 0.3) is 0 Å². The van der Waals surface area contributed by atoms with Gasteiger partial charge < -0.3 is 15.0 Å². The van der Waals surface area contributed by atoms with Crippen molar-refractivity contribution in [2.75, 3.05) is 52.5 Å². The third-order valence-corrected chi connectivity index (χ3v) is 3.93. The van der Waals surface area contributed by atoms with Crippen LogP contribution >= 0.6 is 0 Å². The topological polar surface area (TPSA) is 61.9 Å². The Kier molecular flexibility index (Phi) is 6.03. The third-order valence-electron chi connectivity index (χ3n) is 3.93. The summed E-state index contributed by atoms with van der Waals surface area (Å²) < 4.78 is 5.28. The van der Waals surface area contributed by atoms with Crippen molar-refractivity contribution in [3.63, 3.8) is 0 Å². The second kappa shape index (κ2) is 8.01. The molecule has 21 heavy (non-hydrogen) atoms. The number of ether oxygens (including phenoxy) is 1. The molecule has 1 N–H and O–H groups in total. The minimum absolute atomic E-state index is 0.00252. The molecule has 2 saturated heterocycles. The van der Waals surface area contributed by atoms with E-state index in [0.717, 1.165) is 19.4 Å². The summed E-state index contributed by atoms with van der Waals surface area (Å²) in [5.74, 6) is 2.50. The van der Waals surface area contributed by atoms with E-state index in [1.165, 1.54) is 0 Å². The summed E-state index contributed by atoms with van der Waals surface area (Å²) in [6.07, 6.45) is 6.96. The van der Waals surface area contributed by atoms with Crippen molar-refractivity contribution in [1.29, 1.82) is 0 Å². The van der Waals surface area contributed by atoms with Crippen molar-refractivity contribution < 1.29 is 14.3 Å². The Balaban J connectivity index is 1.81. The maximum atomic E-state index is 12.5. The van der Waals surface area contributed by atoms with Gasteiger partial charge in [0, 0.05) is 19.6 Å². The molecular weight excluding hydrogens is 270 g/mol. The van der Waals surface area contributed by atoms with Crippen LogP contribution in [0.2, 0.25) is 0 Å². The summed E-state index contributed by atoms with van der Waals surface area (Å²) in [4.78, 5) is 28.1. The zero-order valence-corrected chi connectivity index (χ0v) is 12.3. The first kappa shape index (κ1) is 15.8. The van der Waals surface area contributed by atoms with Gasteiger partial charge in [0.2, 0.25) is 11.8 Å². The van der Waals surface area contributed by atoms with Crippen molar-refractivity contribution in [2.24, 2.45) is 5.92 Å². The van der Waals surface area contributed by atoms with Gasteiger partial charge in [-0.1, -0.05) is 5.92 Å². The van der Waals surface area contributed by atoms with Gasteiger partial charge in [-0.2, -0.15) is 0 Å². The average Bonchev–Trinajstić information content (AvgIpc) is 2.53. The smallest absolute Gasteiger partial charge is 0.234 e. The number of nitrogens with zero attached hydrogens (tertiary/aromatic N) is 2. The quantitative estimate of drug-likeness (QED) is 0.697. The minimum atomic E-state index is -0.0765. The van der Waals surface area contributed by atoms with Gasteiger partial charge in [-0.15, -0.1) is 6.42 Å². The molecule has 0 spiro atoms. The Morgan fingerprint density at radius 2 is 2.05 bits per heavy atom. The molecule has 2 aliphatic rings. The maximum absolute atomic E-state index is 12.5. The number of likely N-dealkylation sites (tertiary alicyclic amines) is 1. The molecule has 6 heteroatoms. The van der Waals surface area contributed by atoms with Gasteiger partial charge in [-0.05, 0) is 19.4 Å². The van der Waals surface area contributed by atoms with Crippen molar-refractivity contribution in [3.05, 3.63) is 0 Å². The van der Waals surface area contributed by atoms with Crippen LogP contribution < -0.4 is 5.32 Å². The predicted molar refractivity (Wildman–Crippen MR) is 78.4 cm³/mol. The fraction of sp³-hybridized carbons (Fsp3) is 0.733. The molecule has 6 nitrogen and oxygen atoms in total. The van der Waals surface area contributed by atoms with Gasteiger partial charge in [0.05, 0.1) is 32.2 Å². The predicted octanol–water partition coefficient (Wildman–Crippen LogP) is -0.693. The monoisotopic (exact) mass is 293 g/mol. The van der Waals surface area contributed by atoms with E-state index in [4.69, 9.17) is 11.2 Å². The van der Waals surface area contributed by atoms with E-state index in [1.807, 2.05) is 9.80 Å². The van der Waals surface area contributed by atoms with Crippen LogP contribution in [0.15, 0.2) is 0 Å². The lowest BCUT2D eigenvalue weighted by molar-refractivity contribution is -0.142. The molecule has 2 heterocycles. The number of carbonyl (C=O) groups is 2. The Bertz CT molecular complexity index is 413. The van der Waals surface area contributed by atoms with Crippen LogP contribution in [0.3, 0.4) is 0 Å². The molecule has 2 amide bonds. The molecule has 1 unspecified atom stereocenters.